The number of nitrogens with one attached hydrogen (secondary N) is 2. The minimum absolute atomic E-state index is 0.141. The number of allylic oxidation sites excluding steroid dienone is 2. The summed E-state index contributed by atoms with van der Waals surface area (Å²) in [5.41, 5.74) is 0.496. The van der Waals surface area contributed by atoms with E-state index in [2.05, 4.69) is 10.0 Å². The third-order valence-corrected chi connectivity index (χ3v) is 6.07. The van der Waals surface area contributed by atoms with Crippen molar-refractivity contribution in [1.29, 1.82) is 0 Å². The lowest BCUT2D eigenvalue weighted by atomic mass is 9.82. The van der Waals surface area contributed by atoms with E-state index in [1.165, 1.54) is 24.3 Å². The lowest BCUT2D eigenvalue weighted by molar-refractivity contribution is -0.146. The molecule has 7 nitrogen and oxygen atoms in total. The summed E-state index contributed by atoms with van der Waals surface area (Å²) in [5.74, 6) is -5.44. The zero-order chi connectivity index (χ0) is 21.9. The molecule has 2 aromatic rings. The minimum atomic E-state index is -4.14. The van der Waals surface area contributed by atoms with Crippen molar-refractivity contribution in [3.8, 4) is 0 Å². The number of carbonyl (C=O) groups excluding carboxylic acids is 1. The Labute approximate surface area is 171 Å². The molecule has 0 spiro atoms. The van der Waals surface area contributed by atoms with Crippen LogP contribution in [-0.2, 0) is 19.6 Å². The molecule has 0 heterocycles. The van der Waals surface area contributed by atoms with Crippen LogP contribution in [0.1, 0.15) is 12.8 Å². The quantitative estimate of drug-likeness (QED) is 0.601. The molecule has 0 unspecified atom stereocenters. The monoisotopic (exact) mass is 436 g/mol. The van der Waals surface area contributed by atoms with Gasteiger partial charge in [-0.1, -0.05) is 12.2 Å². The first-order valence-corrected chi connectivity index (χ1v) is 10.4. The first kappa shape index (κ1) is 21.4. The second kappa shape index (κ2) is 8.62. The Morgan fingerprint density at radius 1 is 0.900 bits per heavy atom. The molecule has 2 aromatic carbocycles. The molecule has 3 rings (SSSR count). The number of halogens is 2. The number of carbonyl (C=O) groups is 2. The third kappa shape index (κ3) is 4.82. The van der Waals surface area contributed by atoms with Crippen LogP contribution in [0.3, 0.4) is 0 Å². The van der Waals surface area contributed by atoms with Gasteiger partial charge in [-0.15, -0.1) is 0 Å². The van der Waals surface area contributed by atoms with E-state index >= 15 is 0 Å². The largest absolute Gasteiger partial charge is 0.481 e. The van der Waals surface area contributed by atoms with Gasteiger partial charge in [-0.05, 0) is 55.3 Å². The van der Waals surface area contributed by atoms with Crippen LogP contribution in [0.25, 0.3) is 0 Å². The molecule has 0 bridgehead atoms. The van der Waals surface area contributed by atoms with Crippen molar-refractivity contribution < 1.29 is 31.9 Å². The molecule has 0 aliphatic heterocycles. The van der Waals surface area contributed by atoms with Crippen molar-refractivity contribution in [2.45, 2.75) is 17.7 Å². The van der Waals surface area contributed by atoms with Crippen LogP contribution in [-0.4, -0.2) is 25.4 Å². The van der Waals surface area contributed by atoms with E-state index in [-0.39, 0.29) is 12.1 Å². The number of rotatable bonds is 6. The topological polar surface area (TPSA) is 113 Å². The van der Waals surface area contributed by atoms with E-state index in [1.807, 2.05) is 0 Å². The summed E-state index contributed by atoms with van der Waals surface area (Å²) in [7, 11) is -4.14. The molecule has 3 N–H and O–H groups in total. The molecule has 1 amide bonds. The van der Waals surface area contributed by atoms with Crippen LogP contribution >= 0.6 is 0 Å². The van der Waals surface area contributed by atoms with Gasteiger partial charge in [0.05, 0.1) is 16.7 Å². The Hall–Kier alpha value is -3.27. The normalized spacial score (nSPS) is 18.6. The molecule has 10 heteroatoms. The molecule has 0 saturated heterocycles. The molecule has 1 aliphatic rings. The first-order valence-electron chi connectivity index (χ1n) is 8.94. The van der Waals surface area contributed by atoms with Gasteiger partial charge in [0.1, 0.15) is 0 Å². The van der Waals surface area contributed by atoms with E-state index in [0.717, 1.165) is 6.07 Å². The number of sulfonamides is 1. The number of hydrogen-bond acceptors (Lipinski definition) is 4. The van der Waals surface area contributed by atoms with E-state index in [1.54, 1.807) is 12.2 Å². The maximum atomic E-state index is 13.3. The predicted octanol–water partition coefficient (Wildman–Crippen LogP) is 3.37. The summed E-state index contributed by atoms with van der Waals surface area (Å²) < 4.78 is 53.1. The molecule has 0 aromatic heterocycles. The van der Waals surface area contributed by atoms with Crippen molar-refractivity contribution in [3.63, 3.8) is 0 Å². The fraction of sp³-hybridized carbons (Fsp3) is 0.200. The van der Waals surface area contributed by atoms with Crippen LogP contribution in [0.5, 0.6) is 0 Å². The summed E-state index contributed by atoms with van der Waals surface area (Å²) in [6.45, 7) is 0. The van der Waals surface area contributed by atoms with Crippen molar-refractivity contribution in [3.05, 3.63) is 66.3 Å². The summed E-state index contributed by atoms with van der Waals surface area (Å²) in [4.78, 5) is 23.3. The maximum Gasteiger partial charge on any atom is 0.307 e. The van der Waals surface area contributed by atoms with Crippen LogP contribution in [0.15, 0.2) is 59.5 Å². The van der Waals surface area contributed by atoms with Crippen LogP contribution in [0.2, 0.25) is 0 Å². The van der Waals surface area contributed by atoms with Crippen LogP contribution in [0.4, 0.5) is 20.2 Å². The molecular weight excluding hydrogens is 418 g/mol. The van der Waals surface area contributed by atoms with Crippen molar-refractivity contribution in [1.82, 2.24) is 0 Å². The van der Waals surface area contributed by atoms with Gasteiger partial charge in [0.25, 0.3) is 10.0 Å². The standard InChI is InChI=1S/C20H18F2N2O5S/c21-17-10-9-14(11-18(17)22)30(28,29)24-13-7-5-12(6-8-13)23-19(25)15-3-1-2-4-16(15)20(26)27/h1-2,5-11,15-16,24H,3-4H2,(H,23,25)(H,26,27)/t15-,16-/m1/s1. The highest BCUT2D eigenvalue weighted by Gasteiger charge is 2.33. The molecule has 0 saturated carbocycles. The Morgan fingerprint density at radius 2 is 1.50 bits per heavy atom. The lowest BCUT2D eigenvalue weighted by Gasteiger charge is -2.24. The fourth-order valence-electron chi connectivity index (χ4n) is 3.09. The lowest BCUT2D eigenvalue weighted by Crippen LogP contribution is -2.34. The Morgan fingerprint density at radius 3 is 2.10 bits per heavy atom. The predicted molar refractivity (Wildman–Crippen MR) is 105 cm³/mol. The maximum absolute atomic E-state index is 13.3. The number of hydrogen-bond donors (Lipinski definition) is 3. The van der Waals surface area contributed by atoms with Gasteiger partial charge in [0.15, 0.2) is 11.6 Å². The molecule has 1 aliphatic carbocycles. The van der Waals surface area contributed by atoms with Gasteiger partial charge >= 0.3 is 5.97 Å². The van der Waals surface area contributed by atoms with Crippen molar-refractivity contribution >= 4 is 33.3 Å². The smallest absolute Gasteiger partial charge is 0.307 e. The summed E-state index contributed by atoms with van der Waals surface area (Å²) in [6.07, 6.45) is 4.09. The van der Waals surface area contributed by atoms with Crippen LogP contribution in [0, 0.1) is 23.5 Å². The van der Waals surface area contributed by atoms with E-state index < -0.39 is 50.3 Å². The SMILES string of the molecule is O=C(O)[C@@H]1CC=CC[C@H]1C(=O)Nc1ccc(NS(=O)(=O)c2ccc(F)c(F)c2)cc1. The van der Waals surface area contributed by atoms with E-state index in [9.17, 15) is 31.9 Å². The highest BCUT2D eigenvalue weighted by atomic mass is 32.2. The summed E-state index contributed by atoms with van der Waals surface area (Å²) in [5, 5.41) is 11.9. The number of amides is 1. The minimum Gasteiger partial charge on any atom is -0.481 e. The molecular formula is C20H18F2N2O5S. The van der Waals surface area contributed by atoms with E-state index in [4.69, 9.17) is 0 Å². The zero-order valence-corrected chi connectivity index (χ0v) is 16.3. The molecule has 0 fully saturated rings. The summed E-state index contributed by atoms with van der Waals surface area (Å²) in [6, 6.07) is 7.86. The van der Waals surface area contributed by atoms with Crippen molar-refractivity contribution in [2.75, 3.05) is 10.0 Å². The number of carboxylic acids is 1. The first-order chi connectivity index (χ1) is 14.2. The van der Waals surface area contributed by atoms with Gasteiger partial charge in [-0.2, -0.15) is 0 Å². The molecule has 2 atom stereocenters. The zero-order valence-electron chi connectivity index (χ0n) is 15.5. The van der Waals surface area contributed by atoms with Gasteiger partial charge in [0, 0.05) is 11.4 Å². The van der Waals surface area contributed by atoms with Gasteiger partial charge in [0.2, 0.25) is 5.91 Å². The number of aliphatic carboxylic acids is 1. The summed E-state index contributed by atoms with van der Waals surface area (Å²) >= 11 is 0. The highest BCUT2D eigenvalue weighted by Crippen LogP contribution is 2.27. The van der Waals surface area contributed by atoms with Crippen LogP contribution < -0.4 is 10.0 Å². The Balaban J connectivity index is 1.69. The number of carboxylic acid groups (broad SMARTS) is 1. The average molecular weight is 436 g/mol. The molecule has 158 valence electrons. The van der Waals surface area contributed by atoms with E-state index in [0.29, 0.717) is 24.2 Å². The van der Waals surface area contributed by atoms with Gasteiger partial charge < -0.3 is 10.4 Å². The van der Waals surface area contributed by atoms with Crippen molar-refractivity contribution in [2.24, 2.45) is 11.8 Å². The Bertz CT molecular complexity index is 1100. The highest BCUT2D eigenvalue weighted by molar-refractivity contribution is 7.92. The third-order valence-electron chi connectivity index (χ3n) is 4.69. The van der Waals surface area contributed by atoms with Gasteiger partial charge in [-0.25, -0.2) is 17.2 Å². The second-order valence-electron chi connectivity index (χ2n) is 6.74. The Kier molecular flexibility index (Phi) is 6.16. The van der Waals surface area contributed by atoms with Gasteiger partial charge in [-0.3, -0.25) is 14.3 Å². The number of benzene rings is 2. The number of anilines is 2. The molecule has 30 heavy (non-hydrogen) atoms. The fourth-order valence-corrected chi connectivity index (χ4v) is 4.16. The average Bonchev–Trinajstić information content (AvgIpc) is 2.71. The molecule has 0 radical (unpaired) electrons. The second-order valence-corrected chi connectivity index (χ2v) is 8.42.